The Kier molecular flexibility index (Phi) is 4.23. The van der Waals surface area contributed by atoms with Gasteiger partial charge in [-0.25, -0.2) is 0 Å². The highest BCUT2D eigenvalue weighted by atomic mass is 35.5. The van der Waals surface area contributed by atoms with Crippen molar-refractivity contribution in [2.24, 2.45) is 0 Å². The summed E-state index contributed by atoms with van der Waals surface area (Å²) in [5.74, 6) is 0.666. The molecule has 1 saturated heterocycles. The number of hydrogen-bond acceptors (Lipinski definition) is 6. The fourth-order valence-electron chi connectivity index (χ4n) is 3.17. The number of nitrogens with zero attached hydrogens (tertiary/aromatic N) is 3. The molecule has 0 bridgehead atoms. The van der Waals surface area contributed by atoms with Crippen molar-refractivity contribution in [2.75, 3.05) is 31.6 Å². The van der Waals surface area contributed by atoms with E-state index in [1.54, 1.807) is 13.3 Å². The Balaban J connectivity index is 1.87. The summed E-state index contributed by atoms with van der Waals surface area (Å²) in [5.41, 5.74) is 2.85. The van der Waals surface area contributed by atoms with Gasteiger partial charge >= 0.3 is 0 Å². The topological polar surface area (TPSA) is 63.4 Å². The van der Waals surface area contributed by atoms with Gasteiger partial charge in [0.25, 0.3) is 6.01 Å². The van der Waals surface area contributed by atoms with Crippen LogP contribution in [0.2, 0.25) is 5.02 Å². The first-order valence-corrected chi connectivity index (χ1v) is 8.62. The quantitative estimate of drug-likeness (QED) is 0.774. The lowest BCUT2D eigenvalue weighted by molar-refractivity contribution is 0.414. The highest BCUT2D eigenvalue weighted by Gasteiger charge is 2.24. The molecule has 1 N–H and O–H groups in total. The van der Waals surface area contributed by atoms with E-state index in [4.69, 9.17) is 20.8 Å². The molecule has 2 aromatic heterocycles. The molecule has 0 spiro atoms. The highest BCUT2D eigenvalue weighted by Crippen LogP contribution is 2.37. The van der Waals surface area contributed by atoms with Gasteiger partial charge in [0.1, 0.15) is 17.0 Å². The molecule has 1 unspecified atom stereocenters. The molecule has 1 aliphatic heterocycles. The number of benzene rings is 1. The maximum Gasteiger partial charge on any atom is 0.298 e. The van der Waals surface area contributed by atoms with Gasteiger partial charge in [-0.05, 0) is 31.2 Å². The largest absolute Gasteiger partial charge is 0.494 e. The van der Waals surface area contributed by atoms with Crippen molar-refractivity contribution in [3.63, 3.8) is 0 Å². The summed E-state index contributed by atoms with van der Waals surface area (Å²) in [6, 6.07) is 8.27. The minimum atomic E-state index is 0.310. The smallest absolute Gasteiger partial charge is 0.298 e. The number of piperazine rings is 1. The summed E-state index contributed by atoms with van der Waals surface area (Å²) in [4.78, 5) is 11.3. The van der Waals surface area contributed by atoms with Gasteiger partial charge in [0, 0.05) is 36.9 Å². The molecule has 6 nitrogen and oxygen atoms in total. The maximum atomic E-state index is 6.32. The van der Waals surface area contributed by atoms with Gasteiger partial charge < -0.3 is 19.4 Å². The third kappa shape index (κ3) is 2.92. The van der Waals surface area contributed by atoms with Crippen LogP contribution in [0.5, 0.6) is 5.75 Å². The lowest BCUT2D eigenvalue weighted by Crippen LogP contribution is -2.50. The molecule has 0 amide bonds. The first-order chi connectivity index (χ1) is 12.2. The number of oxazole rings is 1. The van der Waals surface area contributed by atoms with E-state index in [1.165, 1.54) is 0 Å². The molecule has 0 saturated carbocycles. The van der Waals surface area contributed by atoms with E-state index < -0.39 is 0 Å². The average molecular weight is 359 g/mol. The van der Waals surface area contributed by atoms with E-state index in [9.17, 15) is 0 Å². The SMILES string of the molecule is COc1cccnc1-c1cc(Cl)cc2nc(N3CCNCC3C)oc12. The second-order valence-electron chi connectivity index (χ2n) is 6.10. The molecule has 1 atom stereocenters. The molecule has 3 heterocycles. The normalized spacial score (nSPS) is 17.9. The van der Waals surface area contributed by atoms with E-state index >= 15 is 0 Å². The Bertz CT molecular complexity index is 911. The molecule has 4 rings (SSSR count). The van der Waals surface area contributed by atoms with Crippen LogP contribution in [0.3, 0.4) is 0 Å². The molecule has 0 aliphatic carbocycles. The van der Waals surface area contributed by atoms with E-state index in [0.717, 1.165) is 30.7 Å². The van der Waals surface area contributed by atoms with Crippen LogP contribution < -0.4 is 15.0 Å². The van der Waals surface area contributed by atoms with Crippen LogP contribution in [0.25, 0.3) is 22.4 Å². The van der Waals surface area contributed by atoms with Crippen molar-refractivity contribution < 1.29 is 9.15 Å². The van der Waals surface area contributed by atoms with Crippen LogP contribution >= 0.6 is 11.6 Å². The summed E-state index contributed by atoms with van der Waals surface area (Å²) in [7, 11) is 1.62. The first-order valence-electron chi connectivity index (χ1n) is 8.24. The number of aromatic nitrogens is 2. The third-order valence-corrected chi connectivity index (χ3v) is 4.65. The van der Waals surface area contributed by atoms with Gasteiger partial charge in [-0.3, -0.25) is 4.98 Å². The van der Waals surface area contributed by atoms with Crippen LogP contribution in [0.1, 0.15) is 6.92 Å². The lowest BCUT2D eigenvalue weighted by atomic mass is 10.1. The van der Waals surface area contributed by atoms with Gasteiger partial charge in [-0.15, -0.1) is 0 Å². The Morgan fingerprint density at radius 2 is 2.28 bits per heavy atom. The van der Waals surface area contributed by atoms with Crippen molar-refractivity contribution in [3.05, 3.63) is 35.5 Å². The second kappa shape index (κ2) is 6.54. The van der Waals surface area contributed by atoms with Crippen LogP contribution in [-0.2, 0) is 0 Å². The summed E-state index contributed by atoms with van der Waals surface area (Å²) in [6.07, 6.45) is 1.72. The van der Waals surface area contributed by atoms with Gasteiger partial charge in [0.2, 0.25) is 0 Å². The Morgan fingerprint density at radius 1 is 1.40 bits per heavy atom. The summed E-state index contributed by atoms with van der Waals surface area (Å²) >= 11 is 6.32. The zero-order valence-electron chi connectivity index (χ0n) is 14.1. The number of hydrogen-bond donors (Lipinski definition) is 1. The highest BCUT2D eigenvalue weighted by molar-refractivity contribution is 6.31. The van der Waals surface area contributed by atoms with Crippen molar-refractivity contribution in [1.82, 2.24) is 15.3 Å². The van der Waals surface area contributed by atoms with Crippen LogP contribution in [0, 0.1) is 0 Å². The maximum absolute atomic E-state index is 6.32. The Labute approximate surface area is 150 Å². The fourth-order valence-corrected chi connectivity index (χ4v) is 3.38. The average Bonchev–Trinajstić information content (AvgIpc) is 3.05. The van der Waals surface area contributed by atoms with Crippen molar-refractivity contribution >= 4 is 28.7 Å². The number of anilines is 1. The van der Waals surface area contributed by atoms with E-state index in [1.807, 2.05) is 24.3 Å². The van der Waals surface area contributed by atoms with Gasteiger partial charge in [-0.2, -0.15) is 4.98 Å². The number of ether oxygens (including phenoxy) is 1. The second-order valence-corrected chi connectivity index (χ2v) is 6.54. The predicted molar refractivity (Wildman–Crippen MR) is 98.5 cm³/mol. The molecular formula is C18H19ClN4O2. The Morgan fingerprint density at radius 3 is 3.08 bits per heavy atom. The molecule has 0 radical (unpaired) electrons. The summed E-state index contributed by atoms with van der Waals surface area (Å²) < 4.78 is 11.6. The predicted octanol–water partition coefficient (Wildman–Crippen LogP) is 3.35. The number of nitrogens with one attached hydrogen (secondary N) is 1. The number of pyridine rings is 1. The van der Waals surface area contributed by atoms with E-state index in [-0.39, 0.29) is 0 Å². The van der Waals surface area contributed by atoms with E-state index in [2.05, 4.69) is 27.1 Å². The lowest BCUT2D eigenvalue weighted by Gasteiger charge is -2.32. The standard InChI is InChI=1S/C18H19ClN4O2/c1-11-10-20-6-7-23(11)18-22-14-9-12(19)8-13(17(14)25-18)16-15(24-2)4-3-5-21-16/h3-5,8-9,11,20H,6-7,10H2,1-2H3. The fraction of sp³-hybridized carbons (Fsp3) is 0.333. The molecule has 7 heteroatoms. The van der Waals surface area contributed by atoms with Gasteiger partial charge in [0.05, 0.1) is 12.7 Å². The molecular weight excluding hydrogens is 340 g/mol. The Hall–Kier alpha value is -2.31. The molecule has 3 aromatic rings. The van der Waals surface area contributed by atoms with Crippen molar-refractivity contribution in [1.29, 1.82) is 0 Å². The van der Waals surface area contributed by atoms with Crippen LogP contribution in [0.4, 0.5) is 6.01 Å². The zero-order chi connectivity index (χ0) is 17.4. The minimum Gasteiger partial charge on any atom is -0.494 e. The number of fused-ring (bicyclic) bond motifs is 1. The molecule has 1 fully saturated rings. The van der Waals surface area contributed by atoms with Crippen LogP contribution in [0.15, 0.2) is 34.9 Å². The van der Waals surface area contributed by atoms with E-state index in [0.29, 0.717) is 34.1 Å². The molecule has 1 aliphatic rings. The van der Waals surface area contributed by atoms with Crippen molar-refractivity contribution in [3.8, 4) is 17.0 Å². The zero-order valence-corrected chi connectivity index (χ0v) is 14.9. The monoisotopic (exact) mass is 358 g/mol. The minimum absolute atomic E-state index is 0.310. The number of methoxy groups -OCH3 is 1. The summed E-state index contributed by atoms with van der Waals surface area (Å²) in [6.45, 7) is 4.81. The van der Waals surface area contributed by atoms with Gasteiger partial charge in [-0.1, -0.05) is 11.6 Å². The number of rotatable bonds is 3. The first kappa shape index (κ1) is 16.2. The number of halogens is 1. The van der Waals surface area contributed by atoms with Crippen LogP contribution in [-0.4, -0.2) is 42.8 Å². The molecule has 130 valence electrons. The third-order valence-electron chi connectivity index (χ3n) is 4.44. The molecule has 25 heavy (non-hydrogen) atoms. The van der Waals surface area contributed by atoms with Gasteiger partial charge in [0.15, 0.2) is 5.58 Å². The van der Waals surface area contributed by atoms with Crippen molar-refractivity contribution in [2.45, 2.75) is 13.0 Å². The molecule has 1 aromatic carbocycles. The summed E-state index contributed by atoms with van der Waals surface area (Å²) in [5, 5.41) is 3.96.